The molecular formula is C13H18N4O. The van der Waals surface area contributed by atoms with E-state index < -0.39 is 0 Å². The summed E-state index contributed by atoms with van der Waals surface area (Å²) >= 11 is 0. The summed E-state index contributed by atoms with van der Waals surface area (Å²) in [5, 5.41) is 3.95. The molecule has 0 saturated carbocycles. The van der Waals surface area contributed by atoms with E-state index in [4.69, 9.17) is 10.3 Å². The van der Waals surface area contributed by atoms with Crippen LogP contribution in [0.5, 0.6) is 0 Å². The van der Waals surface area contributed by atoms with Gasteiger partial charge >= 0.3 is 0 Å². The Bertz CT molecular complexity index is 481. The standard InChI is InChI=1S/C13H18N4O/c1-9(2)7-11(14)13-16-12(17-18-13)8-10-3-5-15-6-4-10/h3-6,9,11H,7-8,14H2,1-2H3/t11-/m1/s1. The average molecular weight is 246 g/mol. The van der Waals surface area contributed by atoms with Gasteiger partial charge in [0, 0.05) is 18.8 Å². The first kappa shape index (κ1) is 12.7. The second-order valence-electron chi connectivity index (χ2n) is 4.82. The van der Waals surface area contributed by atoms with E-state index in [1.807, 2.05) is 12.1 Å². The van der Waals surface area contributed by atoms with Crippen LogP contribution in [0.25, 0.3) is 0 Å². The van der Waals surface area contributed by atoms with Crippen molar-refractivity contribution in [3.8, 4) is 0 Å². The molecule has 0 aliphatic carbocycles. The topological polar surface area (TPSA) is 77.8 Å². The highest BCUT2D eigenvalue weighted by Gasteiger charge is 2.16. The fourth-order valence-corrected chi connectivity index (χ4v) is 1.78. The highest BCUT2D eigenvalue weighted by molar-refractivity contribution is 5.14. The third-order valence-corrected chi connectivity index (χ3v) is 2.64. The normalized spacial score (nSPS) is 12.9. The van der Waals surface area contributed by atoms with Crippen molar-refractivity contribution in [1.29, 1.82) is 0 Å². The molecule has 1 atom stereocenters. The van der Waals surface area contributed by atoms with Crippen LogP contribution in [0.4, 0.5) is 0 Å². The van der Waals surface area contributed by atoms with Gasteiger partial charge in [-0.25, -0.2) is 0 Å². The zero-order valence-corrected chi connectivity index (χ0v) is 10.7. The van der Waals surface area contributed by atoms with Crippen LogP contribution in [0.3, 0.4) is 0 Å². The van der Waals surface area contributed by atoms with Crippen LogP contribution in [-0.2, 0) is 6.42 Å². The third kappa shape index (κ3) is 3.37. The number of hydrogen-bond donors (Lipinski definition) is 1. The summed E-state index contributed by atoms with van der Waals surface area (Å²) in [5.74, 6) is 1.69. The van der Waals surface area contributed by atoms with E-state index in [0.29, 0.717) is 24.1 Å². The van der Waals surface area contributed by atoms with Gasteiger partial charge in [-0.15, -0.1) is 0 Å². The number of pyridine rings is 1. The first-order valence-electron chi connectivity index (χ1n) is 6.12. The van der Waals surface area contributed by atoms with Gasteiger partial charge in [-0.05, 0) is 30.0 Å². The lowest BCUT2D eigenvalue weighted by atomic mass is 10.0. The fraction of sp³-hybridized carbons (Fsp3) is 0.462. The molecule has 18 heavy (non-hydrogen) atoms. The maximum atomic E-state index is 6.00. The van der Waals surface area contributed by atoms with Crippen molar-refractivity contribution >= 4 is 0 Å². The van der Waals surface area contributed by atoms with E-state index >= 15 is 0 Å². The molecule has 0 saturated heterocycles. The number of nitrogens with zero attached hydrogens (tertiary/aromatic N) is 3. The Morgan fingerprint density at radius 3 is 2.67 bits per heavy atom. The number of aromatic nitrogens is 3. The number of nitrogens with two attached hydrogens (primary N) is 1. The molecule has 2 N–H and O–H groups in total. The van der Waals surface area contributed by atoms with Crippen molar-refractivity contribution in [3.05, 3.63) is 41.8 Å². The molecule has 0 fully saturated rings. The summed E-state index contributed by atoms with van der Waals surface area (Å²) in [6.45, 7) is 4.24. The molecule has 5 heteroatoms. The highest BCUT2D eigenvalue weighted by atomic mass is 16.5. The first-order valence-corrected chi connectivity index (χ1v) is 6.12. The van der Waals surface area contributed by atoms with E-state index in [1.165, 1.54) is 0 Å². The van der Waals surface area contributed by atoms with Crippen molar-refractivity contribution in [1.82, 2.24) is 15.1 Å². The van der Waals surface area contributed by atoms with Crippen LogP contribution in [0.2, 0.25) is 0 Å². The summed E-state index contributed by atoms with van der Waals surface area (Å²) < 4.78 is 5.20. The van der Waals surface area contributed by atoms with Gasteiger partial charge in [0.05, 0.1) is 6.04 Å². The van der Waals surface area contributed by atoms with Crippen LogP contribution < -0.4 is 5.73 Å². The van der Waals surface area contributed by atoms with E-state index in [2.05, 4.69) is 29.0 Å². The molecule has 0 amide bonds. The smallest absolute Gasteiger partial charge is 0.243 e. The van der Waals surface area contributed by atoms with Crippen molar-refractivity contribution in [2.24, 2.45) is 11.7 Å². The maximum Gasteiger partial charge on any atom is 0.243 e. The van der Waals surface area contributed by atoms with Crippen molar-refractivity contribution in [2.75, 3.05) is 0 Å². The van der Waals surface area contributed by atoms with Gasteiger partial charge in [0.25, 0.3) is 0 Å². The van der Waals surface area contributed by atoms with Gasteiger partial charge < -0.3 is 10.3 Å². The largest absolute Gasteiger partial charge is 0.338 e. The quantitative estimate of drug-likeness (QED) is 0.874. The van der Waals surface area contributed by atoms with Gasteiger partial charge in [-0.2, -0.15) is 4.98 Å². The minimum atomic E-state index is -0.177. The molecule has 0 bridgehead atoms. The molecule has 0 aliphatic rings. The zero-order chi connectivity index (χ0) is 13.0. The monoisotopic (exact) mass is 246 g/mol. The van der Waals surface area contributed by atoms with Gasteiger partial charge in [-0.3, -0.25) is 4.98 Å². The zero-order valence-electron chi connectivity index (χ0n) is 10.7. The second kappa shape index (κ2) is 5.73. The number of rotatable bonds is 5. The average Bonchev–Trinajstić information content (AvgIpc) is 2.78. The molecule has 5 nitrogen and oxygen atoms in total. The van der Waals surface area contributed by atoms with Crippen molar-refractivity contribution in [3.63, 3.8) is 0 Å². The predicted molar refractivity (Wildman–Crippen MR) is 67.7 cm³/mol. The molecule has 96 valence electrons. The molecule has 0 aliphatic heterocycles. The molecular weight excluding hydrogens is 228 g/mol. The third-order valence-electron chi connectivity index (χ3n) is 2.64. The van der Waals surface area contributed by atoms with Crippen LogP contribution >= 0.6 is 0 Å². The minimum absolute atomic E-state index is 0.177. The molecule has 0 spiro atoms. The van der Waals surface area contributed by atoms with Crippen LogP contribution in [-0.4, -0.2) is 15.1 Å². The lowest BCUT2D eigenvalue weighted by molar-refractivity contribution is 0.333. The Labute approximate surface area is 106 Å². The molecule has 0 radical (unpaired) electrons. The van der Waals surface area contributed by atoms with Crippen molar-refractivity contribution < 1.29 is 4.52 Å². The predicted octanol–water partition coefficient (Wildman–Crippen LogP) is 2.10. The van der Waals surface area contributed by atoms with Crippen LogP contribution in [0.1, 0.15) is 43.6 Å². The molecule has 2 heterocycles. The summed E-state index contributed by atoms with van der Waals surface area (Å²) in [4.78, 5) is 8.30. The molecule has 0 unspecified atom stereocenters. The van der Waals surface area contributed by atoms with E-state index in [-0.39, 0.29) is 6.04 Å². The van der Waals surface area contributed by atoms with Gasteiger partial charge in [-0.1, -0.05) is 19.0 Å². The fourth-order valence-electron chi connectivity index (χ4n) is 1.78. The first-order chi connectivity index (χ1) is 8.65. The SMILES string of the molecule is CC(C)C[C@@H](N)c1nc(Cc2ccncc2)no1. The summed E-state index contributed by atoms with van der Waals surface area (Å²) in [7, 11) is 0. The summed E-state index contributed by atoms with van der Waals surface area (Å²) in [6, 6.07) is 3.69. The number of hydrogen-bond acceptors (Lipinski definition) is 5. The summed E-state index contributed by atoms with van der Waals surface area (Å²) in [6.07, 6.45) is 4.99. The Kier molecular flexibility index (Phi) is 4.04. The molecule has 0 aromatic carbocycles. The minimum Gasteiger partial charge on any atom is -0.338 e. The Hall–Kier alpha value is -1.75. The Balaban J connectivity index is 2.02. The van der Waals surface area contributed by atoms with Crippen molar-refractivity contribution in [2.45, 2.75) is 32.7 Å². The van der Waals surface area contributed by atoms with Crippen LogP contribution in [0, 0.1) is 5.92 Å². The maximum absolute atomic E-state index is 6.00. The molecule has 2 aromatic rings. The van der Waals surface area contributed by atoms with E-state index in [0.717, 1.165) is 12.0 Å². The lowest BCUT2D eigenvalue weighted by Gasteiger charge is -2.08. The van der Waals surface area contributed by atoms with Crippen LogP contribution in [0.15, 0.2) is 29.0 Å². The second-order valence-corrected chi connectivity index (χ2v) is 4.82. The Morgan fingerprint density at radius 2 is 2.00 bits per heavy atom. The Morgan fingerprint density at radius 1 is 1.28 bits per heavy atom. The highest BCUT2D eigenvalue weighted by Crippen LogP contribution is 2.17. The van der Waals surface area contributed by atoms with Gasteiger partial charge in [0.2, 0.25) is 5.89 Å². The van der Waals surface area contributed by atoms with E-state index in [1.54, 1.807) is 12.4 Å². The van der Waals surface area contributed by atoms with Gasteiger partial charge in [0.1, 0.15) is 0 Å². The lowest BCUT2D eigenvalue weighted by Crippen LogP contribution is -2.13. The molecule has 2 aromatic heterocycles. The van der Waals surface area contributed by atoms with E-state index in [9.17, 15) is 0 Å². The molecule has 2 rings (SSSR count). The van der Waals surface area contributed by atoms with Gasteiger partial charge in [0.15, 0.2) is 5.82 Å². The summed E-state index contributed by atoms with van der Waals surface area (Å²) in [5.41, 5.74) is 7.10.